The van der Waals surface area contributed by atoms with E-state index in [-0.39, 0.29) is 24.7 Å². The van der Waals surface area contributed by atoms with E-state index in [0.29, 0.717) is 17.2 Å². The zero-order chi connectivity index (χ0) is 13.0. The van der Waals surface area contributed by atoms with Crippen LogP contribution in [0.4, 0.5) is 0 Å². The van der Waals surface area contributed by atoms with Crippen LogP contribution in [0.3, 0.4) is 0 Å². The van der Waals surface area contributed by atoms with Gasteiger partial charge in [-0.3, -0.25) is 9.59 Å². The van der Waals surface area contributed by atoms with Gasteiger partial charge in [-0.25, -0.2) is 10.9 Å². The van der Waals surface area contributed by atoms with Crippen LogP contribution >= 0.6 is 0 Å². The lowest BCUT2D eigenvalue weighted by molar-refractivity contribution is -0.119. The molecule has 1 aromatic heterocycles. The molecule has 7 nitrogen and oxygen atoms in total. The molecule has 0 spiro atoms. The van der Waals surface area contributed by atoms with Gasteiger partial charge in [0, 0.05) is 0 Å². The van der Waals surface area contributed by atoms with Gasteiger partial charge in [-0.1, -0.05) is 0 Å². The summed E-state index contributed by atoms with van der Waals surface area (Å²) in [5.74, 6) is 0.0644. The van der Waals surface area contributed by atoms with Crippen molar-refractivity contribution in [3.05, 3.63) is 24.2 Å². The highest BCUT2D eigenvalue weighted by atomic mass is 16.3. The Hall–Kier alpha value is -2.44. The van der Waals surface area contributed by atoms with Crippen LogP contribution in [0.5, 0.6) is 0 Å². The number of amides is 2. The summed E-state index contributed by atoms with van der Waals surface area (Å²) in [5.41, 5.74) is 5.73. The Morgan fingerprint density at radius 2 is 2.50 bits per heavy atom. The molecule has 0 unspecified atom stereocenters. The van der Waals surface area contributed by atoms with Crippen LogP contribution < -0.4 is 10.9 Å². The second-order valence-corrected chi connectivity index (χ2v) is 3.78. The average molecular weight is 248 g/mol. The van der Waals surface area contributed by atoms with Crippen molar-refractivity contribution in [3.63, 3.8) is 0 Å². The van der Waals surface area contributed by atoms with Gasteiger partial charge in [-0.2, -0.15) is 10.2 Å². The number of hydrazone groups is 2. The predicted molar refractivity (Wildman–Crippen MR) is 63.9 cm³/mol. The second-order valence-electron chi connectivity index (χ2n) is 3.78. The minimum atomic E-state index is -0.323. The summed E-state index contributed by atoms with van der Waals surface area (Å²) >= 11 is 0. The summed E-state index contributed by atoms with van der Waals surface area (Å²) < 4.78 is 5.11. The number of furan rings is 1. The van der Waals surface area contributed by atoms with E-state index in [1.165, 1.54) is 6.26 Å². The van der Waals surface area contributed by atoms with Crippen LogP contribution in [0, 0.1) is 0 Å². The number of hydrogen-bond acceptors (Lipinski definition) is 5. The molecule has 0 saturated carbocycles. The summed E-state index contributed by atoms with van der Waals surface area (Å²) in [4.78, 5) is 22.4. The maximum atomic E-state index is 11.5. The fraction of sp³-hybridized carbons (Fsp3) is 0.273. The molecule has 7 heteroatoms. The van der Waals surface area contributed by atoms with Gasteiger partial charge in [0.15, 0.2) is 0 Å². The third-order valence-corrected chi connectivity index (χ3v) is 2.29. The fourth-order valence-electron chi connectivity index (χ4n) is 1.42. The van der Waals surface area contributed by atoms with Crippen molar-refractivity contribution < 1.29 is 14.0 Å². The first kappa shape index (κ1) is 12.0. The molecular weight excluding hydrogens is 236 g/mol. The summed E-state index contributed by atoms with van der Waals surface area (Å²) in [6.07, 6.45) is 1.74. The summed E-state index contributed by atoms with van der Waals surface area (Å²) in [7, 11) is 0. The Bertz CT molecular complexity index is 516. The van der Waals surface area contributed by atoms with Gasteiger partial charge >= 0.3 is 0 Å². The largest absolute Gasteiger partial charge is 0.463 e. The lowest BCUT2D eigenvalue weighted by Crippen LogP contribution is -2.22. The van der Waals surface area contributed by atoms with Crippen LogP contribution in [0.1, 0.15) is 25.5 Å². The Morgan fingerprint density at radius 1 is 1.67 bits per heavy atom. The van der Waals surface area contributed by atoms with Crippen LogP contribution in [0.15, 0.2) is 33.0 Å². The molecule has 18 heavy (non-hydrogen) atoms. The highest BCUT2D eigenvalue weighted by molar-refractivity contribution is 6.11. The molecule has 1 aromatic rings. The molecule has 2 rings (SSSR count). The minimum absolute atomic E-state index is 0.0493. The van der Waals surface area contributed by atoms with E-state index in [4.69, 9.17) is 4.42 Å². The van der Waals surface area contributed by atoms with Crippen molar-refractivity contribution in [3.8, 4) is 0 Å². The number of nitrogens with zero attached hydrogens (tertiary/aromatic N) is 2. The first-order valence-corrected chi connectivity index (χ1v) is 5.36. The Morgan fingerprint density at radius 3 is 3.11 bits per heavy atom. The van der Waals surface area contributed by atoms with Crippen molar-refractivity contribution in [1.29, 1.82) is 0 Å². The van der Waals surface area contributed by atoms with E-state index in [2.05, 4.69) is 21.1 Å². The van der Waals surface area contributed by atoms with Crippen LogP contribution in [-0.4, -0.2) is 23.2 Å². The quantitative estimate of drug-likeness (QED) is 0.595. The zero-order valence-corrected chi connectivity index (χ0v) is 9.77. The van der Waals surface area contributed by atoms with E-state index in [1.807, 2.05) is 0 Å². The maximum absolute atomic E-state index is 11.5. The average Bonchev–Trinajstić information content (AvgIpc) is 2.97. The molecule has 2 heterocycles. The molecular formula is C11H12N4O3. The summed E-state index contributed by atoms with van der Waals surface area (Å²) in [6, 6.07) is 3.48. The molecule has 0 aromatic carbocycles. The lowest BCUT2D eigenvalue weighted by atomic mass is 10.2. The second kappa shape index (κ2) is 5.26. The van der Waals surface area contributed by atoms with Gasteiger partial charge in [0.1, 0.15) is 11.5 Å². The fourth-order valence-corrected chi connectivity index (χ4v) is 1.42. The van der Waals surface area contributed by atoms with E-state index < -0.39 is 0 Å². The number of carbonyl (C=O) groups is 2. The molecule has 0 fully saturated rings. The number of hydrogen-bond donors (Lipinski definition) is 2. The molecule has 0 aliphatic carbocycles. The van der Waals surface area contributed by atoms with Gasteiger partial charge in [-0.15, -0.1) is 0 Å². The lowest BCUT2D eigenvalue weighted by Gasteiger charge is -1.99. The molecule has 2 amide bonds. The topological polar surface area (TPSA) is 96.1 Å². The summed E-state index contributed by atoms with van der Waals surface area (Å²) in [5, 5.41) is 7.61. The first-order valence-electron chi connectivity index (χ1n) is 5.36. The summed E-state index contributed by atoms with van der Waals surface area (Å²) in [6.45, 7) is 1.72. The predicted octanol–water partition coefficient (Wildman–Crippen LogP) is 0.386. The molecule has 0 bridgehead atoms. The normalized spacial score (nSPS) is 15.3. The van der Waals surface area contributed by atoms with Crippen molar-refractivity contribution in [2.45, 2.75) is 19.8 Å². The van der Waals surface area contributed by atoms with Crippen LogP contribution in [-0.2, 0) is 9.59 Å². The molecule has 0 saturated heterocycles. The Kier molecular flexibility index (Phi) is 3.52. The number of nitrogens with one attached hydrogen (secondary N) is 2. The van der Waals surface area contributed by atoms with Crippen LogP contribution in [0.2, 0.25) is 0 Å². The molecule has 1 aliphatic heterocycles. The standard InChI is InChI=1S/C11H12N4O3/c1-7(9-3-2-4-18-9)12-14-10(16)5-8-6-11(17)15-13-8/h2-4H,5-6H2,1H3,(H,14,16)(H,15,17)/b12-7+. The van der Waals surface area contributed by atoms with E-state index >= 15 is 0 Å². The zero-order valence-electron chi connectivity index (χ0n) is 9.77. The van der Waals surface area contributed by atoms with Crippen molar-refractivity contribution in [2.24, 2.45) is 10.2 Å². The van der Waals surface area contributed by atoms with Gasteiger partial charge in [0.25, 0.3) is 0 Å². The molecule has 2 N–H and O–H groups in total. The third kappa shape index (κ3) is 3.03. The SMILES string of the molecule is C/C(=N\NC(=O)CC1=NNC(=O)C1)c1ccco1. The smallest absolute Gasteiger partial charge is 0.245 e. The van der Waals surface area contributed by atoms with Gasteiger partial charge in [0.2, 0.25) is 11.8 Å². The van der Waals surface area contributed by atoms with Crippen molar-refractivity contribution in [2.75, 3.05) is 0 Å². The Labute approximate surface area is 103 Å². The highest BCUT2D eigenvalue weighted by Gasteiger charge is 2.17. The van der Waals surface area contributed by atoms with E-state index in [9.17, 15) is 9.59 Å². The Balaban J connectivity index is 1.85. The number of rotatable bonds is 4. The minimum Gasteiger partial charge on any atom is -0.463 e. The monoisotopic (exact) mass is 248 g/mol. The molecule has 94 valence electrons. The molecule has 1 aliphatic rings. The van der Waals surface area contributed by atoms with Crippen LogP contribution in [0.25, 0.3) is 0 Å². The van der Waals surface area contributed by atoms with Gasteiger partial charge in [-0.05, 0) is 19.1 Å². The van der Waals surface area contributed by atoms with Crippen molar-refractivity contribution >= 4 is 23.2 Å². The van der Waals surface area contributed by atoms with Crippen molar-refractivity contribution in [1.82, 2.24) is 10.9 Å². The number of carbonyl (C=O) groups excluding carboxylic acids is 2. The van der Waals surface area contributed by atoms with E-state index in [1.54, 1.807) is 19.1 Å². The highest BCUT2D eigenvalue weighted by Crippen LogP contribution is 2.02. The first-order chi connectivity index (χ1) is 8.65. The third-order valence-electron chi connectivity index (χ3n) is 2.29. The maximum Gasteiger partial charge on any atom is 0.245 e. The molecule has 0 radical (unpaired) electrons. The van der Waals surface area contributed by atoms with E-state index in [0.717, 1.165) is 0 Å². The van der Waals surface area contributed by atoms with Gasteiger partial charge < -0.3 is 4.42 Å². The molecule has 0 atom stereocenters. The van der Waals surface area contributed by atoms with Gasteiger partial charge in [0.05, 0.1) is 24.8 Å².